The van der Waals surface area contributed by atoms with Crippen LogP contribution in [-0.2, 0) is 0 Å². The zero-order valence-electron chi connectivity index (χ0n) is 27.3. The molecule has 49 heavy (non-hydrogen) atoms. The Balaban J connectivity index is 1.23. The summed E-state index contributed by atoms with van der Waals surface area (Å²) in [5, 5.41) is 8.03. The van der Waals surface area contributed by atoms with Crippen LogP contribution in [0.3, 0.4) is 0 Å². The predicted octanol–water partition coefficient (Wildman–Crippen LogP) is 13.6. The molecule has 0 heteroatoms. The van der Waals surface area contributed by atoms with Gasteiger partial charge in [0.2, 0.25) is 0 Å². The lowest BCUT2D eigenvalue weighted by Crippen LogP contribution is -1.97. The Hall–Kier alpha value is -5.98. The second-order valence-electron chi connectivity index (χ2n) is 14.0. The van der Waals surface area contributed by atoms with E-state index in [0.717, 1.165) is 6.42 Å². The number of benzene rings is 8. The topological polar surface area (TPSA) is 0 Å². The van der Waals surface area contributed by atoms with Crippen molar-refractivity contribution < 1.29 is 0 Å². The lowest BCUT2D eigenvalue weighted by atomic mass is 9.82. The van der Waals surface area contributed by atoms with Crippen molar-refractivity contribution in [2.24, 2.45) is 5.92 Å². The van der Waals surface area contributed by atoms with Crippen LogP contribution in [0.15, 0.2) is 158 Å². The summed E-state index contributed by atoms with van der Waals surface area (Å²) >= 11 is 0. The van der Waals surface area contributed by atoms with Gasteiger partial charge in [-0.3, -0.25) is 0 Å². The maximum atomic E-state index is 2.42. The Bertz CT molecular complexity index is 2680. The lowest BCUT2D eigenvalue weighted by molar-refractivity contribution is 0.752. The number of fused-ring (bicyclic) bond motifs is 6. The van der Waals surface area contributed by atoms with Gasteiger partial charge in [-0.15, -0.1) is 0 Å². The zero-order valence-corrected chi connectivity index (χ0v) is 27.3. The minimum atomic E-state index is 0.569. The molecule has 1 unspecified atom stereocenters. The summed E-state index contributed by atoms with van der Waals surface area (Å²) in [6.45, 7) is 2.33. The van der Waals surface area contributed by atoms with Crippen molar-refractivity contribution in [3.63, 3.8) is 0 Å². The minimum absolute atomic E-state index is 0.569. The van der Waals surface area contributed by atoms with Crippen LogP contribution in [0, 0.1) is 5.92 Å². The highest BCUT2D eigenvalue weighted by atomic mass is 14.3. The van der Waals surface area contributed by atoms with Crippen molar-refractivity contribution in [2.75, 3.05) is 0 Å². The SMILES string of the molecule is CC1C=CC2=C(C1)c1cccc3c(-c4ccc5c6c(cccc46)-c4c-5c(-c5ccccc5)c5ccccc5c4-c4ccccc4)ccc2c13. The average Bonchev–Trinajstić information content (AvgIpc) is 3.66. The molecule has 0 spiro atoms. The lowest BCUT2D eigenvalue weighted by Gasteiger charge is -2.20. The van der Waals surface area contributed by atoms with Crippen LogP contribution < -0.4 is 0 Å². The fraction of sp³-hybridized carbons (Fsp3) is 0.0612. The molecule has 0 N–H and O–H groups in total. The van der Waals surface area contributed by atoms with Crippen molar-refractivity contribution in [1.82, 2.24) is 0 Å². The smallest absolute Gasteiger partial charge is 0.000741 e. The molecule has 0 aliphatic heterocycles. The van der Waals surface area contributed by atoms with E-state index in [1.165, 1.54) is 110 Å². The third-order valence-electron chi connectivity index (χ3n) is 11.3. The molecule has 0 heterocycles. The summed E-state index contributed by atoms with van der Waals surface area (Å²) in [4.78, 5) is 0. The number of hydrogen-bond donors (Lipinski definition) is 0. The molecule has 0 amide bonds. The number of hydrogen-bond acceptors (Lipinski definition) is 0. The zero-order chi connectivity index (χ0) is 32.2. The van der Waals surface area contributed by atoms with E-state index in [1.807, 2.05) is 0 Å². The summed E-state index contributed by atoms with van der Waals surface area (Å²) < 4.78 is 0. The number of allylic oxidation sites excluding steroid dienone is 4. The highest BCUT2D eigenvalue weighted by molar-refractivity contribution is 6.29. The van der Waals surface area contributed by atoms with Crippen LogP contribution in [0.2, 0.25) is 0 Å². The summed E-state index contributed by atoms with van der Waals surface area (Å²) in [5.41, 5.74) is 18.9. The first-order valence-electron chi connectivity index (χ1n) is 17.5. The maximum absolute atomic E-state index is 2.42. The van der Waals surface area contributed by atoms with E-state index in [9.17, 15) is 0 Å². The van der Waals surface area contributed by atoms with Crippen molar-refractivity contribution >= 4 is 43.5 Å². The van der Waals surface area contributed by atoms with E-state index in [-0.39, 0.29) is 0 Å². The Labute approximate surface area is 286 Å². The van der Waals surface area contributed by atoms with Crippen molar-refractivity contribution in [3.8, 4) is 55.6 Å². The van der Waals surface area contributed by atoms with Crippen molar-refractivity contribution in [3.05, 3.63) is 169 Å². The Kier molecular flexibility index (Phi) is 5.52. The van der Waals surface area contributed by atoms with Gasteiger partial charge in [-0.05, 0) is 123 Å². The Morgan fingerprint density at radius 3 is 1.47 bits per heavy atom. The molecule has 8 aromatic rings. The third kappa shape index (κ3) is 3.64. The molecule has 228 valence electrons. The molecule has 0 fully saturated rings. The first kappa shape index (κ1) is 27.0. The van der Waals surface area contributed by atoms with Gasteiger partial charge in [0.05, 0.1) is 0 Å². The second kappa shape index (κ2) is 10.0. The van der Waals surface area contributed by atoms with Gasteiger partial charge in [0.1, 0.15) is 0 Å². The molecule has 1 atom stereocenters. The van der Waals surface area contributed by atoms with Crippen LogP contribution in [0.25, 0.3) is 99.1 Å². The molecule has 0 nitrogen and oxygen atoms in total. The molecule has 11 rings (SSSR count). The molecule has 3 aliphatic carbocycles. The first-order valence-corrected chi connectivity index (χ1v) is 17.5. The van der Waals surface area contributed by atoms with Crippen LogP contribution in [0.5, 0.6) is 0 Å². The van der Waals surface area contributed by atoms with Gasteiger partial charge in [-0.1, -0.05) is 165 Å². The fourth-order valence-corrected chi connectivity index (χ4v) is 9.33. The van der Waals surface area contributed by atoms with Crippen molar-refractivity contribution in [1.29, 1.82) is 0 Å². The monoisotopic (exact) mass is 620 g/mol. The van der Waals surface area contributed by atoms with Gasteiger partial charge < -0.3 is 0 Å². The molecule has 0 saturated carbocycles. The van der Waals surface area contributed by atoms with Gasteiger partial charge in [0.15, 0.2) is 0 Å². The van der Waals surface area contributed by atoms with E-state index in [4.69, 9.17) is 0 Å². The molecular formula is C49H32. The Morgan fingerprint density at radius 2 is 0.857 bits per heavy atom. The highest BCUT2D eigenvalue weighted by Gasteiger charge is 2.32. The van der Waals surface area contributed by atoms with E-state index >= 15 is 0 Å². The molecule has 8 aromatic carbocycles. The molecule has 0 bridgehead atoms. The summed E-state index contributed by atoms with van der Waals surface area (Å²) in [6.07, 6.45) is 5.85. The van der Waals surface area contributed by atoms with E-state index in [0.29, 0.717) is 5.92 Å². The first-order chi connectivity index (χ1) is 24.3. The van der Waals surface area contributed by atoms with Crippen LogP contribution >= 0.6 is 0 Å². The highest BCUT2D eigenvalue weighted by Crippen LogP contribution is 2.59. The molecule has 0 saturated heterocycles. The van der Waals surface area contributed by atoms with Gasteiger partial charge in [-0.2, -0.15) is 0 Å². The van der Waals surface area contributed by atoms with E-state index in [2.05, 4.69) is 165 Å². The van der Waals surface area contributed by atoms with Crippen LogP contribution in [-0.4, -0.2) is 0 Å². The standard InChI is InChI=1S/C49H32/c1-29-22-23-34-40-26-24-32(35-18-10-20-39(46(35)40)43(34)28-29)33-25-27-42-47-36(33)19-11-21-41(47)48-44(30-12-4-2-5-13-30)37-16-8-9-17-38(37)45(49(42)48)31-14-6-3-7-15-31/h2-27,29H,28H2,1H3. The summed E-state index contributed by atoms with van der Waals surface area (Å²) in [5.74, 6) is 0.569. The second-order valence-corrected chi connectivity index (χ2v) is 14.0. The normalized spacial score (nSPS) is 15.4. The van der Waals surface area contributed by atoms with E-state index in [1.54, 1.807) is 0 Å². The van der Waals surface area contributed by atoms with E-state index < -0.39 is 0 Å². The van der Waals surface area contributed by atoms with Gasteiger partial charge in [0, 0.05) is 0 Å². The Morgan fingerprint density at radius 1 is 0.388 bits per heavy atom. The van der Waals surface area contributed by atoms with Gasteiger partial charge >= 0.3 is 0 Å². The van der Waals surface area contributed by atoms with Gasteiger partial charge in [-0.25, -0.2) is 0 Å². The maximum Gasteiger partial charge on any atom is -0.000741 e. The molecule has 0 radical (unpaired) electrons. The minimum Gasteiger partial charge on any atom is -0.0807 e. The van der Waals surface area contributed by atoms with Crippen LogP contribution in [0.1, 0.15) is 24.5 Å². The third-order valence-corrected chi connectivity index (χ3v) is 11.3. The largest absolute Gasteiger partial charge is 0.0807 e. The fourth-order valence-electron chi connectivity index (χ4n) is 9.33. The predicted molar refractivity (Wildman–Crippen MR) is 209 cm³/mol. The van der Waals surface area contributed by atoms with Gasteiger partial charge in [0.25, 0.3) is 0 Å². The molecular weight excluding hydrogens is 589 g/mol. The van der Waals surface area contributed by atoms with Crippen molar-refractivity contribution in [2.45, 2.75) is 13.3 Å². The summed E-state index contributed by atoms with van der Waals surface area (Å²) in [6, 6.07) is 54.5. The molecule has 0 aromatic heterocycles. The average molecular weight is 621 g/mol. The number of rotatable bonds is 3. The molecule has 3 aliphatic rings. The summed E-state index contributed by atoms with van der Waals surface area (Å²) in [7, 11) is 0. The van der Waals surface area contributed by atoms with Crippen LogP contribution in [0.4, 0.5) is 0 Å². The quantitative estimate of drug-likeness (QED) is 0.184.